The van der Waals surface area contributed by atoms with Crippen LogP contribution in [-0.4, -0.2) is 36.7 Å². The molecule has 8 heteroatoms. The number of hydrogen-bond acceptors (Lipinski definition) is 5. The largest absolute Gasteiger partial charge is 0.298 e. The van der Waals surface area contributed by atoms with E-state index in [2.05, 4.69) is 22.4 Å². The first-order valence-electron chi connectivity index (χ1n) is 10.5. The molecule has 160 valence electrons. The molecule has 1 fully saturated rings. The van der Waals surface area contributed by atoms with Crippen molar-refractivity contribution in [2.45, 2.75) is 37.0 Å². The minimum Gasteiger partial charge on any atom is -0.298 e. The van der Waals surface area contributed by atoms with Gasteiger partial charge >= 0.3 is 0 Å². The summed E-state index contributed by atoms with van der Waals surface area (Å²) < 4.78 is 27.1. The standard InChI is InChI=1S/C23H23N3O3S2/c27-22(17-8-11-18(12-9-17)31(28,29)26-14-4-1-5-15-26)25-23-24-21-19-7-3-2-6-16(19)10-13-20(21)30-23/h2-3,6-9,11-12H,1,4-5,10,13-15H2,(H,24,25,27). The molecule has 2 aromatic carbocycles. The summed E-state index contributed by atoms with van der Waals surface area (Å²) in [6.45, 7) is 1.12. The normalized spacial score (nSPS) is 16.4. The van der Waals surface area contributed by atoms with Gasteiger partial charge in [-0.3, -0.25) is 10.1 Å². The molecule has 0 saturated carbocycles. The van der Waals surface area contributed by atoms with E-state index in [0.717, 1.165) is 43.4 Å². The molecule has 0 unspecified atom stereocenters. The monoisotopic (exact) mass is 453 g/mol. The SMILES string of the molecule is O=C(Nc1nc2c(s1)CCc1ccccc1-2)c1ccc(S(=O)(=O)N2CCCCC2)cc1. The third-order valence-corrected chi connectivity index (χ3v) is 8.82. The Labute approximate surface area is 186 Å². The molecule has 6 nitrogen and oxygen atoms in total. The third kappa shape index (κ3) is 3.91. The van der Waals surface area contributed by atoms with Gasteiger partial charge in [-0.15, -0.1) is 11.3 Å². The fourth-order valence-corrected chi connectivity index (χ4v) is 6.69. The highest BCUT2D eigenvalue weighted by atomic mass is 32.2. The number of sulfonamides is 1. The van der Waals surface area contributed by atoms with Crippen molar-refractivity contribution in [2.24, 2.45) is 0 Å². The molecule has 0 spiro atoms. The second-order valence-electron chi connectivity index (χ2n) is 7.89. The fraction of sp³-hybridized carbons (Fsp3) is 0.304. The number of anilines is 1. The quantitative estimate of drug-likeness (QED) is 0.638. The molecular weight excluding hydrogens is 430 g/mol. The van der Waals surface area contributed by atoms with Crippen molar-refractivity contribution in [3.05, 3.63) is 64.5 Å². The van der Waals surface area contributed by atoms with Crippen LogP contribution in [0, 0.1) is 0 Å². The number of aromatic nitrogens is 1. The number of hydrogen-bond donors (Lipinski definition) is 1. The number of amides is 1. The Balaban J connectivity index is 1.32. The zero-order chi connectivity index (χ0) is 21.4. The maximum Gasteiger partial charge on any atom is 0.257 e. The van der Waals surface area contributed by atoms with Crippen LogP contribution in [0.5, 0.6) is 0 Å². The van der Waals surface area contributed by atoms with Gasteiger partial charge in [0.15, 0.2) is 5.13 Å². The van der Waals surface area contributed by atoms with Crippen LogP contribution in [-0.2, 0) is 22.9 Å². The van der Waals surface area contributed by atoms with E-state index in [1.54, 1.807) is 12.1 Å². The van der Waals surface area contributed by atoms with Crippen molar-refractivity contribution in [1.82, 2.24) is 9.29 Å². The number of rotatable bonds is 4. The fourth-order valence-electron chi connectivity index (χ4n) is 4.20. The molecule has 1 aliphatic carbocycles. The van der Waals surface area contributed by atoms with E-state index >= 15 is 0 Å². The average molecular weight is 454 g/mol. The van der Waals surface area contributed by atoms with Crippen LogP contribution in [0.2, 0.25) is 0 Å². The number of thiazole rings is 1. The smallest absolute Gasteiger partial charge is 0.257 e. The van der Waals surface area contributed by atoms with Crippen molar-refractivity contribution in [3.8, 4) is 11.3 Å². The second kappa shape index (κ2) is 8.18. The molecule has 0 bridgehead atoms. The summed E-state index contributed by atoms with van der Waals surface area (Å²) in [5.74, 6) is -0.290. The Morgan fingerprint density at radius 1 is 0.968 bits per heavy atom. The average Bonchev–Trinajstić information content (AvgIpc) is 3.23. The maximum absolute atomic E-state index is 12.8. The molecule has 31 heavy (non-hydrogen) atoms. The van der Waals surface area contributed by atoms with E-state index < -0.39 is 10.0 Å². The summed E-state index contributed by atoms with van der Waals surface area (Å²) >= 11 is 1.50. The number of aryl methyl sites for hydroxylation is 2. The zero-order valence-corrected chi connectivity index (χ0v) is 18.6. The van der Waals surface area contributed by atoms with Crippen molar-refractivity contribution in [3.63, 3.8) is 0 Å². The van der Waals surface area contributed by atoms with Crippen molar-refractivity contribution >= 4 is 32.4 Å². The molecule has 1 aliphatic heterocycles. The van der Waals surface area contributed by atoms with Crippen molar-refractivity contribution in [2.75, 3.05) is 18.4 Å². The summed E-state index contributed by atoms with van der Waals surface area (Å²) in [5, 5.41) is 3.44. The summed E-state index contributed by atoms with van der Waals surface area (Å²) in [6.07, 6.45) is 4.75. The lowest BCUT2D eigenvalue weighted by Gasteiger charge is -2.25. The highest BCUT2D eigenvalue weighted by Crippen LogP contribution is 2.38. The maximum atomic E-state index is 12.8. The lowest BCUT2D eigenvalue weighted by atomic mass is 9.94. The van der Waals surface area contributed by atoms with Crippen molar-refractivity contribution < 1.29 is 13.2 Å². The van der Waals surface area contributed by atoms with Gasteiger partial charge in [0.25, 0.3) is 5.91 Å². The lowest BCUT2D eigenvalue weighted by molar-refractivity contribution is 0.102. The van der Waals surface area contributed by atoms with Gasteiger partial charge in [-0.2, -0.15) is 4.31 Å². The molecule has 1 N–H and O–H groups in total. The van der Waals surface area contributed by atoms with Crippen LogP contribution in [0.15, 0.2) is 53.4 Å². The minimum atomic E-state index is -3.50. The number of nitrogens with zero attached hydrogens (tertiary/aromatic N) is 2. The number of benzene rings is 2. The van der Waals surface area contributed by atoms with Crippen LogP contribution < -0.4 is 5.32 Å². The number of fused-ring (bicyclic) bond motifs is 3. The molecule has 1 aromatic heterocycles. The molecule has 2 aliphatic rings. The molecule has 2 heterocycles. The topological polar surface area (TPSA) is 79.4 Å². The first-order valence-corrected chi connectivity index (χ1v) is 12.8. The van der Waals surface area contributed by atoms with E-state index in [0.29, 0.717) is 23.8 Å². The van der Waals surface area contributed by atoms with E-state index in [4.69, 9.17) is 0 Å². The Kier molecular flexibility index (Phi) is 5.37. The van der Waals surface area contributed by atoms with Gasteiger partial charge in [-0.1, -0.05) is 30.7 Å². The summed E-state index contributed by atoms with van der Waals surface area (Å²) in [6, 6.07) is 14.4. The Morgan fingerprint density at radius 2 is 1.71 bits per heavy atom. The first-order chi connectivity index (χ1) is 15.0. The van der Waals surface area contributed by atoms with E-state index in [-0.39, 0.29) is 10.8 Å². The van der Waals surface area contributed by atoms with Crippen LogP contribution in [0.25, 0.3) is 11.3 Å². The van der Waals surface area contributed by atoms with Gasteiger partial charge in [-0.05, 0) is 55.5 Å². The van der Waals surface area contributed by atoms with E-state index in [9.17, 15) is 13.2 Å². The van der Waals surface area contributed by atoms with E-state index in [1.807, 2.05) is 12.1 Å². The van der Waals surface area contributed by atoms with Gasteiger partial charge in [0.1, 0.15) is 0 Å². The highest BCUT2D eigenvalue weighted by molar-refractivity contribution is 7.89. The van der Waals surface area contributed by atoms with Gasteiger partial charge < -0.3 is 0 Å². The number of nitrogens with one attached hydrogen (secondary N) is 1. The van der Waals surface area contributed by atoms with Gasteiger partial charge in [0.05, 0.1) is 10.6 Å². The van der Waals surface area contributed by atoms with Crippen LogP contribution in [0.4, 0.5) is 5.13 Å². The van der Waals surface area contributed by atoms with E-state index in [1.165, 1.54) is 38.2 Å². The summed E-state index contributed by atoms with van der Waals surface area (Å²) in [4.78, 5) is 18.8. The zero-order valence-electron chi connectivity index (χ0n) is 17.0. The minimum absolute atomic E-state index is 0.229. The number of carbonyl (C=O) groups is 1. The molecule has 1 amide bonds. The predicted molar refractivity (Wildman–Crippen MR) is 122 cm³/mol. The van der Waals surface area contributed by atoms with Gasteiger partial charge in [-0.25, -0.2) is 13.4 Å². The number of carbonyl (C=O) groups excluding carboxylic acids is 1. The third-order valence-electron chi connectivity index (χ3n) is 5.88. The summed E-state index contributed by atoms with van der Waals surface area (Å²) in [5.41, 5.74) is 3.77. The first kappa shape index (κ1) is 20.4. The highest BCUT2D eigenvalue weighted by Gasteiger charge is 2.26. The van der Waals surface area contributed by atoms with Crippen molar-refractivity contribution in [1.29, 1.82) is 0 Å². The Hall–Kier alpha value is -2.55. The second-order valence-corrected chi connectivity index (χ2v) is 10.9. The molecule has 0 radical (unpaired) electrons. The Bertz CT molecular complexity index is 1230. The molecule has 1 saturated heterocycles. The van der Waals surface area contributed by atoms with Crippen LogP contribution in [0.3, 0.4) is 0 Å². The molecule has 0 atom stereocenters. The molecule has 3 aromatic rings. The van der Waals surface area contributed by atoms with Crippen LogP contribution >= 0.6 is 11.3 Å². The molecular formula is C23H23N3O3S2. The Morgan fingerprint density at radius 3 is 2.48 bits per heavy atom. The van der Waals surface area contributed by atoms with Gasteiger partial charge in [0, 0.05) is 29.1 Å². The van der Waals surface area contributed by atoms with Crippen LogP contribution in [0.1, 0.15) is 40.1 Å². The lowest BCUT2D eigenvalue weighted by Crippen LogP contribution is -2.35. The summed E-state index contributed by atoms with van der Waals surface area (Å²) in [7, 11) is -3.50. The predicted octanol–water partition coefficient (Wildman–Crippen LogP) is 4.34. The van der Waals surface area contributed by atoms with Gasteiger partial charge in [0.2, 0.25) is 10.0 Å². The number of piperidine rings is 1. The molecule has 5 rings (SSSR count).